The molecule has 0 saturated carbocycles. The maximum Gasteiger partial charge on any atom is 0.307 e. The number of carboxylic acid groups (broad SMARTS) is 1. The molecule has 0 aromatic heterocycles. The lowest BCUT2D eigenvalue weighted by molar-refractivity contribution is -0.136. The highest BCUT2D eigenvalue weighted by Gasteiger charge is 2.19. The summed E-state index contributed by atoms with van der Waals surface area (Å²) < 4.78 is 23.9. The van der Waals surface area contributed by atoms with Crippen LogP contribution in [-0.2, 0) is 25.8 Å². The molecule has 0 fully saturated rings. The third-order valence-electron chi connectivity index (χ3n) is 2.52. The van der Waals surface area contributed by atoms with Gasteiger partial charge in [-0.3, -0.25) is 9.59 Å². The van der Waals surface area contributed by atoms with E-state index in [1.165, 1.54) is 24.3 Å². The summed E-state index contributed by atoms with van der Waals surface area (Å²) in [5, 5.41) is 19.3. The van der Waals surface area contributed by atoms with Crippen LogP contribution in [0.25, 0.3) is 0 Å². The van der Waals surface area contributed by atoms with Crippen LogP contribution in [0.3, 0.4) is 0 Å². The van der Waals surface area contributed by atoms with Crippen LogP contribution in [0, 0.1) is 11.3 Å². The number of carboxylic acids is 1. The van der Waals surface area contributed by atoms with E-state index in [2.05, 4.69) is 5.32 Å². The van der Waals surface area contributed by atoms with Gasteiger partial charge in [0, 0.05) is 6.54 Å². The van der Waals surface area contributed by atoms with Crippen LogP contribution in [0.5, 0.6) is 0 Å². The van der Waals surface area contributed by atoms with Gasteiger partial charge in [0.05, 0.1) is 23.8 Å². The molecule has 8 heteroatoms. The minimum absolute atomic E-state index is 0.0490. The van der Waals surface area contributed by atoms with Crippen molar-refractivity contribution in [2.75, 3.05) is 12.3 Å². The largest absolute Gasteiger partial charge is 0.481 e. The average Bonchev–Trinajstić information content (AvgIpc) is 2.38. The fourth-order valence-corrected chi connectivity index (χ4v) is 2.72. The number of carbonyl (C=O) groups is 2. The second-order valence-electron chi connectivity index (χ2n) is 4.23. The monoisotopic (exact) mass is 310 g/mol. The van der Waals surface area contributed by atoms with E-state index < -0.39 is 27.5 Å². The fraction of sp³-hybridized carbons (Fsp3) is 0.308. The number of rotatable bonds is 7. The Morgan fingerprint density at radius 1 is 1.24 bits per heavy atom. The number of sulfone groups is 1. The van der Waals surface area contributed by atoms with Gasteiger partial charge in [-0.1, -0.05) is 12.1 Å². The van der Waals surface area contributed by atoms with E-state index in [0.717, 1.165) is 0 Å². The van der Waals surface area contributed by atoms with Gasteiger partial charge < -0.3 is 10.4 Å². The minimum atomic E-state index is -3.78. The second kappa shape index (κ2) is 7.40. The van der Waals surface area contributed by atoms with E-state index in [1.54, 1.807) is 0 Å². The summed E-state index contributed by atoms with van der Waals surface area (Å²) in [4.78, 5) is 21.9. The summed E-state index contributed by atoms with van der Waals surface area (Å²) in [7, 11) is -3.78. The van der Waals surface area contributed by atoms with Gasteiger partial charge in [0.2, 0.25) is 5.91 Å². The third kappa shape index (κ3) is 5.62. The van der Waals surface area contributed by atoms with Crippen LogP contribution < -0.4 is 5.32 Å². The van der Waals surface area contributed by atoms with E-state index in [4.69, 9.17) is 10.4 Å². The van der Waals surface area contributed by atoms with Crippen molar-refractivity contribution in [3.05, 3.63) is 29.8 Å². The van der Waals surface area contributed by atoms with Crippen LogP contribution in [0.4, 0.5) is 0 Å². The number of nitrogens with one attached hydrogen (secondary N) is 1. The van der Waals surface area contributed by atoms with Crippen LogP contribution in [0.15, 0.2) is 29.2 Å². The second-order valence-corrected chi connectivity index (χ2v) is 6.22. The molecule has 0 saturated heterocycles. The zero-order valence-electron chi connectivity index (χ0n) is 11.1. The van der Waals surface area contributed by atoms with Crippen molar-refractivity contribution in [3.8, 4) is 6.07 Å². The Hall–Kier alpha value is -2.40. The van der Waals surface area contributed by atoms with Crippen molar-refractivity contribution in [2.45, 2.75) is 17.7 Å². The number of nitrogens with zero attached hydrogens (tertiary/aromatic N) is 1. The van der Waals surface area contributed by atoms with Gasteiger partial charge in [0.15, 0.2) is 9.84 Å². The van der Waals surface area contributed by atoms with Gasteiger partial charge in [-0.15, -0.1) is 0 Å². The third-order valence-corrected chi connectivity index (χ3v) is 4.15. The first kappa shape index (κ1) is 16.7. The predicted molar refractivity (Wildman–Crippen MR) is 73.1 cm³/mol. The normalized spacial score (nSPS) is 10.6. The Morgan fingerprint density at radius 3 is 2.38 bits per heavy atom. The van der Waals surface area contributed by atoms with Crippen LogP contribution >= 0.6 is 0 Å². The molecule has 0 radical (unpaired) electrons. The summed E-state index contributed by atoms with van der Waals surface area (Å²) in [6.45, 7) is 0.0996. The molecule has 0 aliphatic rings. The maximum absolute atomic E-state index is 12.0. The van der Waals surface area contributed by atoms with Crippen LogP contribution in [-0.4, -0.2) is 37.7 Å². The summed E-state index contributed by atoms with van der Waals surface area (Å²) in [6, 6.07) is 7.17. The van der Waals surface area contributed by atoms with Gasteiger partial charge in [-0.25, -0.2) is 8.42 Å². The van der Waals surface area contributed by atoms with Gasteiger partial charge in [0.1, 0.15) is 5.75 Å². The van der Waals surface area contributed by atoms with E-state index >= 15 is 0 Å². The first-order valence-electron chi connectivity index (χ1n) is 6.02. The lowest BCUT2D eigenvalue weighted by Crippen LogP contribution is -2.30. The molecular weight excluding hydrogens is 296 g/mol. The summed E-state index contributed by atoms with van der Waals surface area (Å²) >= 11 is 0. The summed E-state index contributed by atoms with van der Waals surface area (Å²) in [5.74, 6) is -2.40. The van der Waals surface area contributed by atoms with E-state index in [-0.39, 0.29) is 24.3 Å². The molecular formula is C13H14N2O5S. The average molecular weight is 310 g/mol. The van der Waals surface area contributed by atoms with Crippen molar-refractivity contribution in [1.82, 2.24) is 5.32 Å². The Morgan fingerprint density at radius 2 is 1.86 bits per heavy atom. The predicted octanol–water partition coefficient (Wildman–Crippen LogP) is 0.117. The minimum Gasteiger partial charge on any atom is -0.481 e. The molecule has 21 heavy (non-hydrogen) atoms. The molecule has 0 bridgehead atoms. The molecule has 1 aromatic rings. The fourth-order valence-electron chi connectivity index (χ4n) is 1.55. The SMILES string of the molecule is N#CCCNC(=O)CS(=O)(=O)c1ccc(CC(=O)O)cc1. The van der Waals surface area contributed by atoms with Crippen molar-refractivity contribution in [2.24, 2.45) is 0 Å². The highest BCUT2D eigenvalue weighted by Crippen LogP contribution is 2.13. The van der Waals surface area contributed by atoms with Crippen LogP contribution in [0.2, 0.25) is 0 Å². The number of benzene rings is 1. The molecule has 112 valence electrons. The lowest BCUT2D eigenvalue weighted by atomic mass is 10.2. The number of hydrogen-bond donors (Lipinski definition) is 2. The number of carbonyl (C=O) groups excluding carboxylic acids is 1. The Kier molecular flexibility index (Phi) is 5.87. The summed E-state index contributed by atoms with van der Waals surface area (Å²) in [5.41, 5.74) is 0.472. The quantitative estimate of drug-likeness (QED) is 0.689. The molecule has 0 spiro atoms. The smallest absolute Gasteiger partial charge is 0.307 e. The standard InChI is InChI=1S/C13H14N2O5S/c14-6-1-7-15-12(16)9-21(19,20)11-4-2-10(3-5-11)8-13(17)18/h2-5H,1,7-9H2,(H,15,16)(H,17,18). The summed E-state index contributed by atoms with van der Waals surface area (Å²) in [6.07, 6.45) is -0.0926. The molecule has 2 N–H and O–H groups in total. The Labute approximate surface area is 122 Å². The molecule has 0 aliphatic heterocycles. The van der Waals surface area contributed by atoms with Crippen molar-refractivity contribution < 1.29 is 23.1 Å². The topological polar surface area (TPSA) is 124 Å². The molecule has 1 amide bonds. The number of hydrogen-bond acceptors (Lipinski definition) is 5. The van der Waals surface area contributed by atoms with Crippen molar-refractivity contribution in [1.29, 1.82) is 5.26 Å². The van der Waals surface area contributed by atoms with E-state index in [1.807, 2.05) is 6.07 Å². The van der Waals surface area contributed by atoms with Gasteiger partial charge in [-0.2, -0.15) is 5.26 Å². The van der Waals surface area contributed by atoms with E-state index in [9.17, 15) is 18.0 Å². The lowest BCUT2D eigenvalue weighted by Gasteiger charge is -2.06. The highest BCUT2D eigenvalue weighted by molar-refractivity contribution is 7.92. The van der Waals surface area contributed by atoms with Crippen molar-refractivity contribution >= 4 is 21.7 Å². The Balaban J connectivity index is 2.72. The molecule has 0 heterocycles. The Bertz CT molecular complexity index is 659. The zero-order valence-corrected chi connectivity index (χ0v) is 11.9. The first-order chi connectivity index (χ1) is 9.85. The van der Waals surface area contributed by atoms with Gasteiger partial charge in [0.25, 0.3) is 0 Å². The first-order valence-corrected chi connectivity index (χ1v) is 7.67. The molecule has 0 unspecified atom stereocenters. The van der Waals surface area contributed by atoms with Crippen molar-refractivity contribution in [3.63, 3.8) is 0 Å². The van der Waals surface area contributed by atoms with Gasteiger partial charge in [-0.05, 0) is 17.7 Å². The molecule has 1 rings (SSSR count). The van der Waals surface area contributed by atoms with E-state index in [0.29, 0.717) is 5.56 Å². The number of nitriles is 1. The molecule has 0 atom stereocenters. The highest BCUT2D eigenvalue weighted by atomic mass is 32.2. The van der Waals surface area contributed by atoms with Gasteiger partial charge >= 0.3 is 5.97 Å². The molecule has 0 aliphatic carbocycles. The number of amides is 1. The number of aliphatic carboxylic acids is 1. The molecule has 7 nitrogen and oxygen atoms in total. The maximum atomic E-state index is 12.0. The zero-order chi connectivity index (χ0) is 15.9. The molecule has 1 aromatic carbocycles. The van der Waals surface area contributed by atoms with Crippen LogP contribution in [0.1, 0.15) is 12.0 Å².